The average Bonchev–Trinajstić information content (AvgIpc) is 3.18. The van der Waals surface area contributed by atoms with Crippen LogP contribution < -0.4 is 16.4 Å². The van der Waals surface area contributed by atoms with Crippen molar-refractivity contribution in [2.24, 2.45) is 5.73 Å². The van der Waals surface area contributed by atoms with Gasteiger partial charge in [0.1, 0.15) is 18.1 Å². The van der Waals surface area contributed by atoms with Gasteiger partial charge in [0.15, 0.2) is 0 Å². The van der Waals surface area contributed by atoms with E-state index in [-0.39, 0.29) is 11.7 Å². The summed E-state index contributed by atoms with van der Waals surface area (Å²) in [4.78, 5) is 61.2. The van der Waals surface area contributed by atoms with Crippen molar-refractivity contribution in [2.45, 2.75) is 49.9 Å². The molecule has 0 saturated carbocycles. The van der Waals surface area contributed by atoms with Crippen molar-refractivity contribution in [1.29, 1.82) is 0 Å². The summed E-state index contributed by atoms with van der Waals surface area (Å²) in [5, 5.41) is 22.6. The molecule has 0 aromatic carbocycles. The topological polar surface area (TPSA) is 179 Å². The smallest absolute Gasteiger partial charge is 0.327 e. The zero-order valence-electron chi connectivity index (χ0n) is 16.6. The molecule has 11 nitrogen and oxygen atoms in total. The zero-order chi connectivity index (χ0) is 22.8. The lowest BCUT2D eigenvalue weighted by Crippen LogP contribution is -2.57. The second-order valence-electron chi connectivity index (χ2n) is 6.82. The molecular formula is C17H28N4O7S2. The van der Waals surface area contributed by atoms with E-state index in [4.69, 9.17) is 15.9 Å². The van der Waals surface area contributed by atoms with Gasteiger partial charge in [-0.15, -0.1) is 0 Å². The fourth-order valence-corrected chi connectivity index (χ4v) is 3.73. The van der Waals surface area contributed by atoms with E-state index in [1.807, 2.05) is 6.26 Å². The van der Waals surface area contributed by atoms with Crippen molar-refractivity contribution in [3.05, 3.63) is 0 Å². The maximum Gasteiger partial charge on any atom is 0.327 e. The van der Waals surface area contributed by atoms with Crippen LogP contribution in [0.15, 0.2) is 0 Å². The quantitative estimate of drug-likeness (QED) is 0.188. The molecule has 3 amide bonds. The van der Waals surface area contributed by atoms with E-state index in [0.29, 0.717) is 31.6 Å². The highest BCUT2D eigenvalue weighted by molar-refractivity contribution is 7.98. The van der Waals surface area contributed by atoms with Gasteiger partial charge in [0.05, 0.1) is 12.5 Å². The fraction of sp³-hybridized carbons (Fsp3) is 0.706. The van der Waals surface area contributed by atoms with Crippen LogP contribution in [-0.4, -0.2) is 93.2 Å². The van der Waals surface area contributed by atoms with Gasteiger partial charge in [-0.1, -0.05) is 0 Å². The van der Waals surface area contributed by atoms with Crippen LogP contribution in [0.3, 0.4) is 0 Å². The molecule has 1 rings (SSSR count). The first kappa shape index (κ1) is 26.0. The summed E-state index contributed by atoms with van der Waals surface area (Å²) in [6.07, 6.45) is 2.51. The second kappa shape index (κ2) is 12.6. The van der Waals surface area contributed by atoms with Gasteiger partial charge in [-0.3, -0.25) is 19.2 Å². The monoisotopic (exact) mass is 464 g/mol. The third kappa shape index (κ3) is 7.69. The Morgan fingerprint density at radius 1 is 1.20 bits per heavy atom. The normalized spacial score (nSPS) is 18.9. The van der Waals surface area contributed by atoms with Crippen LogP contribution in [-0.2, 0) is 24.0 Å². The predicted octanol–water partition coefficient (Wildman–Crippen LogP) is -1.48. The number of carbonyl (C=O) groups is 5. The minimum Gasteiger partial charge on any atom is -0.481 e. The maximum atomic E-state index is 12.7. The van der Waals surface area contributed by atoms with Gasteiger partial charge in [0.2, 0.25) is 17.7 Å². The molecule has 1 aliphatic heterocycles. The Kier molecular flexibility index (Phi) is 11.0. The molecule has 0 aromatic rings. The van der Waals surface area contributed by atoms with Crippen molar-refractivity contribution in [1.82, 2.24) is 15.5 Å². The average molecular weight is 465 g/mol. The minimum absolute atomic E-state index is 0.215. The van der Waals surface area contributed by atoms with Gasteiger partial charge >= 0.3 is 11.9 Å². The molecule has 0 aliphatic carbocycles. The molecule has 1 fully saturated rings. The number of carbonyl (C=O) groups excluding carboxylic acids is 3. The van der Waals surface area contributed by atoms with Crippen LogP contribution in [0, 0.1) is 0 Å². The number of hydrogen-bond donors (Lipinski definition) is 6. The molecule has 4 unspecified atom stereocenters. The number of nitrogens with one attached hydrogen (secondary N) is 2. The van der Waals surface area contributed by atoms with E-state index in [1.165, 1.54) is 4.90 Å². The third-order valence-electron chi connectivity index (χ3n) is 4.60. The number of aliphatic carboxylic acids is 2. The molecule has 0 radical (unpaired) electrons. The molecule has 1 saturated heterocycles. The van der Waals surface area contributed by atoms with Crippen LogP contribution in [0.4, 0.5) is 0 Å². The summed E-state index contributed by atoms with van der Waals surface area (Å²) < 4.78 is 0. The van der Waals surface area contributed by atoms with Crippen LogP contribution in [0.2, 0.25) is 0 Å². The third-order valence-corrected chi connectivity index (χ3v) is 5.61. The molecular weight excluding hydrogens is 436 g/mol. The number of carboxylic acid groups (broad SMARTS) is 2. The highest BCUT2D eigenvalue weighted by Gasteiger charge is 2.38. The van der Waals surface area contributed by atoms with Gasteiger partial charge in [-0.05, 0) is 31.3 Å². The van der Waals surface area contributed by atoms with E-state index in [1.54, 1.807) is 11.8 Å². The Labute approximate surface area is 183 Å². The predicted molar refractivity (Wildman–Crippen MR) is 113 cm³/mol. The summed E-state index contributed by atoms with van der Waals surface area (Å²) in [5.41, 5.74) is 5.92. The number of likely N-dealkylation sites (tertiary alicyclic amines) is 1. The summed E-state index contributed by atoms with van der Waals surface area (Å²) in [6.45, 7) is 0.334. The Morgan fingerprint density at radius 2 is 1.87 bits per heavy atom. The maximum absolute atomic E-state index is 12.7. The first-order chi connectivity index (χ1) is 14.1. The molecule has 6 N–H and O–H groups in total. The fourth-order valence-electron chi connectivity index (χ4n) is 2.99. The second-order valence-corrected chi connectivity index (χ2v) is 8.17. The first-order valence-electron chi connectivity index (χ1n) is 9.33. The van der Waals surface area contributed by atoms with Gasteiger partial charge in [-0.2, -0.15) is 24.4 Å². The molecule has 0 aromatic heterocycles. The molecule has 0 bridgehead atoms. The number of thiol groups is 1. The highest BCUT2D eigenvalue weighted by Crippen LogP contribution is 2.19. The lowest BCUT2D eigenvalue weighted by atomic mass is 10.1. The van der Waals surface area contributed by atoms with E-state index in [9.17, 15) is 24.0 Å². The van der Waals surface area contributed by atoms with Crippen molar-refractivity contribution in [2.75, 3.05) is 24.3 Å². The van der Waals surface area contributed by atoms with Gasteiger partial charge in [-0.25, -0.2) is 4.79 Å². The first-order valence-corrected chi connectivity index (χ1v) is 11.4. The molecule has 1 heterocycles. The lowest BCUT2D eigenvalue weighted by molar-refractivity contribution is -0.144. The number of carboxylic acids is 2. The van der Waals surface area contributed by atoms with E-state index >= 15 is 0 Å². The van der Waals surface area contributed by atoms with Crippen LogP contribution >= 0.6 is 24.4 Å². The molecule has 13 heteroatoms. The van der Waals surface area contributed by atoms with E-state index in [0.717, 1.165) is 0 Å². The van der Waals surface area contributed by atoms with E-state index in [2.05, 4.69) is 23.3 Å². The van der Waals surface area contributed by atoms with Crippen LogP contribution in [0.25, 0.3) is 0 Å². The van der Waals surface area contributed by atoms with E-state index < -0.39 is 54.3 Å². The standard InChI is InChI=1S/C17H28N4O7S2/c1-30-6-4-9(18)16(26)21-5-2-3-12(21)15(25)19-10(7-13(22)23)14(24)20-11(8-29)17(27)28/h9-12,29H,2-8,18H2,1H3,(H,19,25)(H,20,24)(H,22,23)(H,27,28). The molecule has 4 atom stereocenters. The largest absolute Gasteiger partial charge is 0.481 e. The Hall–Kier alpha value is -1.99. The van der Waals surface area contributed by atoms with Crippen molar-refractivity contribution in [3.63, 3.8) is 0 Å². The van der Waals surface area contributed by atoms with Gasteiger partial charge in [0, 0.05) is 12.3 Å². The van der Waals surface area contributed by atoms with Crippen molar-refractivity contribution < 1.29 is 34.2 Å². The van der Waals surface area contributed by atoms with Crippen LogP contribution in [0.1, 0.15) is 25.7 Å². The van der Waals surface area contributed by atoms with Gasteiger partial charge in [0.25, 0.3) is 0 Å². The summed E-state index contributed by atoms with van der Waals surface area (Å²) in [7, 11) is 0. The molecule has 1 aliphatic rings. The Bertz CT molecular complexity index is 664. The van der Waals surface area contributed by atoms with Crippen LogP contribution in [0.5, 0.6) is 0 Å². The van der Waals surface area contributed by atoms with Gasteiger partial charge < -0.3 is 31.5 Å². The number of nitrogens with zero attached hydrogens (tertiary/aromatic N) is 1. The minimum atomic E-state index is -1.50. The number of amides is 3. The number of nitrogens with two attached hydrogens (primary N) is 1. The molecule has 170 valence electrons. The molecule has 0 spiro atoms. The van der Waals surface area contributed by atoms with Crippen molar-refractivity contribution in [3.8, 4) is 0 Å². The Balaban J connectivity index is 2.86. The zero-order valence-corrected chi connectivity index (χ0v) is 18.3. The highest BCUT2D eigenvalue weighted by atomic mass is 32.2. The number of hydrogen-bond acceptors (Lipinski definition) is 8. The SMILES string of the molecule is CSCCC(N)C(=O)N1CCCC1C(=O)NC(CC(=O)O)C(=O)NC(CS)C(=O)O. The lowest BCUT2D eigenvalue weighted by Gasteiger charge is -2.28. The summed E-state index contributed by atoms with van der Waals surface area (Å²) >= 11 is 5.38. The summed E-state index contributed by atoms with van der Waals surface area (Å²) in [6, 6.07) is -4.47. The Morgan fingerprint density at radius 3 is 2.40 bits per heavy atom. The molecule has 30 heavy (non-hydrogen) atoms. The van der Waals surface area contributed by atoms with Crippen molar-refractivity contribution >= 4 is 54.1 Å². The number of rotatable bonds is 12. The number of thioether (sulfide) groups is 1. The summed E-state index contributed by atoms with van der Waals surface area (Å²) in [5.74, 6) is -4.24.